The van der Waals surface area contributed by atoms with Gasteiger partial charge in [0.25, 0.3) is 0 Å². The Bertz CT molecular complexity index is 52.3. The van der Waals surface area contributed by atoms with Gasteiger partial charge in [0.2, 0.25) is 0 Å². The Morgan fingerprint density at radius 1 is 0.900 bits per heavy atom. The molecule has 0 nitrogen and oxygen atoms in total. The summed E-state index contributed by atoms with van der Waals surface area (Å²) in [4.78, 5) is 0. The van der Waals surface area contributed by atoms with Gasteiger partial charge in [-0.15, -0.1) is 0 Å². The fourth-order valence-corrected chi connectivity index (χ4v) is 4.86. The molecule has 0 amide bonds. The molecule has 0 spiro atoms. The SMILES string of the molecule is CC(C)[CH2][Zn][CH2]C(C)C.[Zn]. The first-order valence-electron chi connectivity index (χ1n) is 4.13. The molecule has 0 saturated heterocycles. The summed E-state index contributed by atoms with van der Waals surface area (Å²) in [6.45, 7) is 9.36. The summed E-state index contributed by atoms with van der Waals surface area (Å²) in [7, 11) is 0. The molecular weight excluding hydrogens is 227 g/mol. The molecule has 2 heteroatoms. The standard InChI is InChI=1S/2C4H9.2Zn/c2*1-4(2)3;;/h2*4H,1H2,2-3H3;;. The van der Waals surface area contributed by atoms with E-state index in [9.17, 15) is 0 Å². The zero-order valence-corrected chi connectivity index (χ0v) is 13.9. The normalized spacial score (nSPS) is 9.40. The van der Waals surface area contributed by atoms with Crippen LogP contribution < -0.4 is 0 Å². The maximum absolute atomic E-state index is 2.34. The molecule has 0 aromatic carbocycles. The predicted octanol–water partition coefficient (Wildman–Crippen LogP) is 3.22. The molecule has 10 heavy (non-hydrogen) atoms. The van der Waals surface area contributed by atoms with Crippen molar-refractivity contribution in [3.8, 4) is 0 Å². The van der Waals surface area contributed by atoms with Crippen molar-refractivity contribution in [2.24, 2.45) is 11.8 Å². The number of rotatable bonds is 4. The topological polar surface area (TPSA) is 0 Å². The zero-order valence-electron chi connectivity index (χ0n) is 7.98. The van der Waals surface area contributed by atoms with Gasteiger partial charge >= 0.3 is 66.7 Å². The third-order valence-electron chi connectivity index (χ3n) is 1.56. The van der Waals surface area contributed by atoms with E-state index >= 15 is 0 Å². The van der Waals surface area contributed by atoms with E-state index in [1.54, 1.807) is 10.0 Å². The molecule has 0 aliphatic heterocycles. The minimum Gasteiger partial charge on any atom is 0 e. The van der Waals surface area contributed by atoms with Crippen LogP contribution in [-0.2, 0) is 36.6 Å². The van der Waals surface area contributed by atoms with Crippen LogP contribution in [0.1, 0.15) is 27.7 Å². The second-order valence-corrected chi connectivity index (χ2v) is 7.62. The van der Waals surface area contributed by atoms with Crippen LogP contribution in [-0.4, -0.2) is 0 Å². The summed E-state index contributed by atoms with van der Waals surface area (Å²) >= 11 is -0.0671. The quantitative estimate of drug-likeness (QED) is 0.667. The molecule has 0 rings (SSSR count). The van der Waals surface area contributed by atoms with Crippen molar-refractivity contribution < 1.29 is 36.6 Å². The van der Waals surface area contributed by atoms with Gasteiger partial charge in [-0.1, -0.05) is 0 Å². The summed E-state index contributed by atoms with van der Waals surface area (Å²) in [6.07, 6.45) is 0. The van der Waals surface area contributed by atoms with Gasteiger partial charge in [0.15, 0.2) is 0 Å². The van der Waals surface area contributed by atoms with Crippen LogP contribution in [0.5, 0.6) is 0 Å². The van der Waals surface area contributed by atoms with E-state index in [1.807, 2.05) is 0 Å². The van der Waals surface area contributed by atoms with E-state index in [2.05, 4.69) is 27.7 Å². The molecule has 0 aliphatic carbocycles. The second kappa shape index (κ2) is 8.34. The van der Waals surface area contributed by atoms with Crippen molar-refractivity contribution in [1.82, 2.24) is 0 Å². The van der Waals surface area contributed by atoms with Crippen LogP contribution in [0.3, 0.4) is 0 Å². The predicted molar refractivity (Wildman–Crippen MR) is 39.3 cm³/mol. The van der Waals surface area contributed by atoms with Gasteiger partial charge in [-0.25, -0.2) is 0 Å². The molecule has 54 valence electrons. The van der Waals surface area contributed by atoms with Gasteiger partial charge in [0.05, 0.1) is 0 Å². The Kier molecular flexibility index (Phi) is 11.5. The van der Waals surface area contributed by atoms with E-state index in [-0.39, 0.29) is 36.6 Å². The van der Waals surface area contributed by atoms with E-state index in [1.165, 1.54) is 0 Å². The number of hydrogen-bond donors (Lipinski definition) is 0. The summed E-state index contributed by atoms with van der Waals surface area (Å²) in [5.74, 6) is 1.95. The van der Waals surface area contributed by atoms with E-state index < -0.39 is 0 Å². The first kappa shape index (κ1) is 13.8. The molecule has 0 aromatic rings. The third kappa shape index (κ3) is 12.0. The summed E-state index contributed by atoms with van der Waals surface area (Å²) in [5.41, 5.74) is 0. The average molecular weight is 245 g/mol. The smallest absolute Gasteiger partial charge is 0 e. The van der Waals surface area contributed by atoms with Crippen LogP contribution in [0, 0.1) is 11.8 Å². The van der Waals surface area contributed by atoms with Gasteiger partial charge < -0.3 is 0 Å². The molecule has 0 unspecified atom stereocenters. The van der Waals surface area contributed by atoms with Crippen LogP contribution >= 0.6 is 0 Å². The second-order valence-electron chi connectivity index (χ2n) is 3.72. The van der Waals surface area contributed by atoms with Crippen molar-refractivity contribution >= 4 is 0 Å². The molecule has 0 atom stereocenters. The zero-order chi connectivity index (χ0) is 7.28. The fourth-order valence-electron chi connectivity index (χ4n) is 0.934. The van der Waals surface area contributed by atoms with Crippen molar-refractivity contribution in [1.29, 1.82) is 0 Å². The van der Waals surface area contributed by atoms with Crippen molar-refractivity contribution in [3.05, 3.63) is 0 Å². The third-order valence-corrected chi connectivity index (χ3v) is 8.12. The number of hydrogen-bond acceptors (Lipinski definition) is 0. The van der Waals surface area contributed by atoms with E-state index in [0.717, 1.165) is 11.8 Å². The average Bonchev–Trinajstić information content (AvgIpc) is 1.63. The van der Waals surface area contributed by atoms with Crippen LogP contribution in [0.4, 0.5) is 0 Å². The van der Waals surface area contributed by atoms with Crippen LogP contribution in [0.25, 0.3) is 0 Å². The molecule has 0 saturated carbocycles. The van der Waals surface area contributed by atoms with E-state index in [0.29, 0.717) is 0 Å². The maximum Gasteiger partial charge on any atom is 0 e. The first-order valence-corrected chi connectivity index (χ1v) is 8.32. The van der Waals surface area contributed by atoms with Crippen LogP contribution in [0.2, 0.25) is 10.0 Å². The molecule has 0 heterocycles. The largest absolute Gasteiger partial charge is 0 e. The van der Waals surface area contributed by atoms with Crippen LogP contribution in [0.15, 0.2) is 0 Å². The molecular formula is C8H18Zn2. The first-order chi connectivity index (χ1) is 4.13. The molecule has 0 N–H and O–H groups in total. The molecule has 0 bridgehead atoms. The van der Waals surface area contributed by atoms with Gasteiger partial charge in [0, 0.05) is 19.5 Å². The Balaban J connectivity index is 0. The van der Waals surface area contributed by atoms with Gasteiger partial charge in [0.1, 0.15) is 0 Å². The van der Waals surface area contributed by atoms with Crippen molar-refractivity contribution in [2.45, 2.75) is 37.7 Å². The minimum atomic E-state index is -0.0671. The van der Waals surface area contributed by atoms with Gasteiger partial charge in [-0.05, 0) is 0 Å². The van der Waals surface area contributed by atoms with Gasteiger partial charge in [-0.2, -0.15) is 0 Å². The summed E-state index contributed by atoms with van der Waals surface area (Å²) in [5, 5.41) is 3.18. The molecule has 0 aliphatic rings. The fraction of sp³-hybridized carbons (Fsp3) is 1.00. The Morgan fingerprint density at radius 3 is 1.40 bits per heavy atom. The summed E-state index contributed by atoms with van der Waals surface area (Å²) < 4.78 is 0. The maximum atomic E-state index is 2.34. The molecule has 0 fully saturated rings. The van der Waals surface area contributed by atoms with Crippen molar-refractivity contribution in [2.75, 3.05) is 0 Å². The Hall–Kier alpha value is 1.25. The summed E-state index contributed by atoms with van der Waals surface area (Å²) in [6, 6.07) is 0. The Morgan fingerprint density at radius 2 is 1.20 bits per heavy atom. The van der Waals surface area contributed by atoms with Crippen molar-refractivity contribution in [3.63, 3.8) is 0 Å². The minimum absolute atomic E-state index is 0. The molecule has 0 aromatic heterocycles. The molecule has 0 radical (unpaired) electrons. The van der Waals surface area contributed by atoms with Gasteiger partial charge in [-0.3, -0.25) is 0 Å². The monoisotopic (exact) mass is 242 g/mol. The Labute approximate surface area is 85.9 Å². The van der Waals surface area contributed by atoms with E-state index in [4.69, 9.17) is 0 Å².